The van der Waals surface area contributed by atoms with Crippen molar-refractivity contribution in [1.29, 1.82) is 0 Å². The maximum absolute atomic E-state index is 13.0. The Balaban J connectivity index is 1.90. The summed E-state index contributed by atoms with van der Waals surface area (Å²) in [5, 5.41) is 1.71. The molecule has 0 spiro atoms. The van der Waals surface area contributed by atoms with E-state index in [0.717, 1.165) is 32.0 Å². The minimum absolute atomic E-state index is 0.0594. The van der Waals surface area contributed by atoms with Crippen molar-refractivity contribution in [2.45, 2.75) is 4.21 Å². The Morgan fingerprint density at radius 3 is 2.50 bits per heavy atom. The van der Waals surface area contributed by atoms with Gasteiger partial charge in [0.15, 0.2) is 0 Å². The van der Waals surface area contributed by atoms with E-state index in [-0.39, 0.29) is 10.2 Å². The third-order valence-electron chi connectivity index (χ3n) is 4.10. The second-order valence-electron chi connectivity index (χ2n) is 5.72. The monoisotopic (exact) mass is 381 g/mol. The van der Waals surface area contributed by atoms with Crippen molar-refractivity contribution in [2.24, 2.45) is 0 Å². The van der Waals surface area contributed by atoms with Crippen molar-refractivity contribution in [3.8, 4) is 0 Å². The molecule has 0 atom stereocenters. The first kappa shape index (κ1) is 16.6. The molecule has 0 aliphatic carbocycles. The summed E-state index contributed by atoms with van der Waals surface area (Å²) in [7, 11) is -3.80. The molecule has 0 saturated heterocycles. The van der Waals surface area contributed by atoms with Gasteiger partial charge < -0.3 is 5.73 Å². The number of aromatic nitrogens is 2. The molecular formula is C19H15N3O2S2. The summed E-state index contributed by atoms with van der Waals surface area (Å²) in [5.74, 6) is -0.0594. The Labute approximate surface area is 155 Å². The second kappa shape index (κ2) is 6.12. The lowest BCUT2D eigenvalue weighted by Crippen LogP contribution is -2.14. The standard InChI is InChI=1S/C19H15N3O2S2/c1-13(14-6-3-2-4-7-14)15-9-10-16-17(12-15)22(19(20)21-16)26(23,24)18-8-5-11-25-18/h2-12H,1H2,(H2,20,21). The number of anilines is 1. The van der Waals surface area contributed by atoms with Crippen LogP contribution < -0.4 is 5.73 Å². The van der Waals surface area contributed by atoms with Crippen LogP contribution in [0.1, 0.15) is 11.1 Å². The number of rotatable bonds is 4. The molecule has 130 valence electrons. The first-order valence-corrected chi connectivity index (χ1v) is 10.1. The highest BCUT2D eigenvalue weighted by Crippen LogP contribution is 2.30. The molecule has 0 aliphatic heterocycles. The molecule has 2 heterocycles. The molecule has 2 N–H and O–H groups in total. The molecular weight excluding hydrogens is 366 g/mol. The molecule has 0 fully saturated rings. The maximum Gasteiger partial charge on any atom is 0.280 e. The minimum atomic E-state index is -3.80. The summed E-state index contributed by atoms with van der Waals surface area (Å²) in [6.45, 7) is 4.14. The molecule has 2 aromatic heterocycles. The summed E-state index contributed by atoms with van der Waals surface area (Å²) in [4.78, 5) is 4.20. The van der Waals surface area contributed by atoms with Crippen LogP contribution in [0, 0.1) is 0 Å². The SMILES string of the molecule is C=C(c1ccccc1)c1ccc2nc(N)n(S(=O)(=O)c3cccs3)c2c1. The quantitative estimate of drug-likeness (QED) is 0.580. The largest absolute Gasteiger partial charge is 0.368 e. The fraction of sp³-hybridized carbons (Fsp3) is 0. The van der Waals surface area contributed by atoms with E-state index in [1.165, 1.54) is 0 Å². The van der Waals surface area contributed by atoms with Crippen LogP contribution in [0.3, 0.4) is 0 Å². The van der Waals surface area contributed by atoms with Gasteiger partial charge in [0.2, 0.25) is 5.95 Å². The van der Waals surface area contributed by atoms with Crippen LogP contribution in [0.4, 0.5) is 5.95 Å². The summed E-state index contributed by atoms with van der Waals surface area (Å²) < 4.78 is 27.3. The highest BCUT2D eigenvalue weighted by Gasteiger charge is 2.24. The van der Waals surface area contributed by atoms with Crippen LogP contribution in [-0.4, -0.2) is 17.4 Å². The zero-order valence-electron chi connectivity index (χ0n) is 13.7. The first-order valence-electron chi connectivity index (χ1n) is 7.80. The number of hydrogen-bond donors (Lipinski definition) is 1. The molecule has 2 aromatic carbocycles. The van der Waals surface area contributed by atoms with Gasteiger partial charge in [0, 0.05) is 0 Å². The van der Waals surface area contributed by atoms with Crippen molar-refractivity contribution in [1.82, 2.24) is 8.96 Å². The van der Waals surface area contributed by atoms with Gasteiger partial charge >= 0.3 is 0 Å². The lowest BCUT2D eigenvalue weighted by atomic mass is 9.99. The van der Waals surface area contributed by atoms with E-state index < -0.39 is 10.0 Å². The van der Waals surface area contributed by atoms with Gasteiger partial charge in [0.1, 0.15) is 4.21 Å². The summed E-state index contributed by atoms with van der Waals surface area (Å²) in [5.41, 5.74) is 9.47. The molecule has 0 amide bonds. The van der Waals surface area contributed by atoms with Crippen LogP contribution >= 0.6 is 11.3 Å². The van der Waals surface area contributed by atoms with Crippen LogP contribution in [0.5, 0.6) is 0 Å². The number of hydrogen-bond acceptors (Lipinski definition) is 5. The van der Waals surface area contributed by atoms with Gasteiger partial charge in [-0.2, -0.15) is 8.42 Å². The van der Waals surface area contributed by atoms with Gasteiger partial charge in [-0.25, -0.2) is 8.96 Å². The van der Waals surface area contributed by atoms with Crippen molar-refractivity contribution >= 4 is 43.9 Å². The third kappa shape index (κ3) is 2.61. The van der Waals surface area contributed by atoms with E-state index in [1.54, 1.807) is 29.6 Å². The predicted molar refractivity (Wildman–Crippen MR) is 106 cm³/mol. The molecule has 0 bridgehead atoms. The van der Waals surface area contributed by atoms with Gasteiger partial charge in [-0.1, -0.05) is 49.0 Å². The lowest BCUT2D eigenvalue weighted by Gasteiger charge is -2.09. The van der Waals surface area contributed by atoms with Crippen LogP contribution in [-0.2, 0) is 10.0 Å². The highest BCUT2D eigenvalue weighted by molar-refractivity contribution is 7.92. The molecule has 0 saturated carbocycles. The highest BCUT2D eigenvalue weighted by atomic mass is 32.2. The second-order valence-corrected chi connectivity index (χ2v) is 8.68. The molecule has 0 unspecified atom stereocenters. The van der Waals surface area contributed by atoms with Crippen LogP contribution in [0.15, 0.2) is 76.8 Å². The Bertz CT molecular complexity index is 1210. The third-order valence-corrected chi connectivity index (χ3v) is 7.19. The number of nitrogens with two attached hydrogens (primary N) is 1. The summed E-state index contributed by atoms with van der Waals surface area (Å²) in [6.07, 6.45) is 0. The Morgan fingerprint density at radius 1 is 1.04 bits per heavy atom. The van der Waals surface area contributed by atoms with E-state index in [0.29, 0.717) is 11.0 Å². The Kier molecular flexibility index (Phi) is 3.90. The number of nitrogen functional groups attached to an aromatic ring is 1. The number of imidazole rings is 1. The fourth-order valence-electron chi connectivity index (χ4n) is 2.82. The van der Waals surface area contributed by atoms with Crippen molar-refractivity contribution in [2.75, 3.05) is 5.73 Å². The average molecular weight is 381 g/mol. The molecule has 0 aliphatic rings. The molecule has 4 aromatic rings. The molecule has 7 heteroatoms. The van der Waals surface area contributed by atoms with Crippen molar-refractivity contribution < 1.29 is 8.42 Å². The maximum atomic E-state index is 13.0. The van der Waals surface area contributed by atoms with E-state index >= 15 is 0 Å². The summed E-state index contributed by atoms with van der Waals surface area (Å²) in [6, 6.07) is 18.4. The average Bonchev–Trinajstić information content (AvgIpc) is 3.29. The number of benzene rings is 2. The predicted octanol–water partition coefficient (Wildman–Crippen LogP) is 3.98. The Hall–Kier alpha value is -2.90. The molecule has 4 rings (SSSR count). The van der Waals surface area contributed by atoms with Crippen molar-refractivity contribution in [3.63, 3.8) is 0 Å². The normalized spacial score (nSPS) is 11.7. The van der Waals surface area contributed by atoms with Gasteiger partial charge in [-0.15, -0.1) is 11.3 Å². The van der Waals surface area contributed by atoms with Gasteiger partial charge in [0.25, 0.3) is 10.0 Å². The number of thiophene rings is 1. The summed E-state index contributed by atoms with van der Waals surface area (Å²) >= 11 is 1.14. The zero-order valence-corrected chi connectivity index (χ0v) is 15.3. The molecule has 26 heavy (non-hydrogen) atoms. The van der Waals surface area contributed by atoms with E-state index in [2.05, 4.69) is 11.6 Å². The molecule has 0 radical (unpaired) electrons. The van der Waals surface area contributed by atoms with Crippen LogP contribution in [0.2, 0.25) is 0 Å². The van der Waals surface area contributed by atoms with Crippen molar-refractivity contribution in [3.05, 3.63) is 83.7 Å². The molecule has 5 nitrogen and oxygen atoms in total. The van der Waals surface area contributed by atoms with Gasteiger partial charge in [-0.05, 0) is 40.3 Å². The zero-order chi connectivity index (χ0) is 18.3. The number of fused-ring (bicyclic) bond motifs is 1. The van der Waals surface area contributed by atoms with Crippen LogP contribution in [0.25, 0.3) is 16.6 Å². The van der Waals surface area contributed by atoms with E-state index in [9.17, 15) is 8.42 Å². The van der Waals surface area contributed by atoms with Gasteiger partial charge in [0.05, 0.1) is 11.0 Å². The first-order chi connectivity index (χ1) is 12.5. The topological polar surface area (TPSA) is 78.0 Å². The van der Waals surface area contributed by atoms with Gasteiger partial charge in [-0.3, -0.25) is 0 Å². The lowest BCUT2D eigenvalue weighted by molar-refractivity contribution is 0.591. The van der Waals surface area contributed by atoms with E-state index in [4.69, 9.17) is 5.73 Å². The van der Waals surface area contributed by atoms with E-state index in [1.807, 2.05) is 36.4 Å². The smallest absolute Gasteiger partial charge is 0.280 e. The number of nitrogens with zero attached hydrogens (tertiary/aromatic N) is 2. The minimum Gasteiger partial charge on any atom is -0.368 e. The Morgan fingerprint density at radius 2 is 1.81 bits per heavy atom. The fourth-order valence-corrected chi connectivity index (χ4v) is 5.27.